The molecule has 2 fully saturated rings. The van der Waals surface area contributed by atoms with Gasteiger partial charge in [0.05, 0.1) is 25.4 Å². The summed E-state index contributed by atoms with van der Waals surface area (Å²) in [5, 5.41) is 32.9. The Hall–Kier alpha value is -2.71. The van der Waals surface area contributed by atoms with Crippen molar-refractivity contribution < 1.29 is 34.6 Å². The van der Waals surface area contributed by atoms with Crippen molar-refractivity contribution >= 4 is 48.8 Å². The van der Waals surface area contributed by atoms with E-state index in [0.29, 0.717) is 0 Å². The molecule has 0 atom stereocenters. The lowest BCUT2D eigenvalue weighted by atomic mass is 10.1. The number of allylic oxidation sites excluding steroid dienone is 1. The van der Waals surface area contributed by atoms with Gasteiger partial charge in [-0.1, -0.05) is 30.3 Å². The zero-order chi connectivity index (χ0) is 33.3. The molecule has 2 aliphatic rings. The van der Waals surface area contributed by atoms with Crippen molar-refractivity contribution in [2.75, 3.05) is 65.7 Å². The second-order valence-electron chi connectivity index (χ2n) is 11.8. The van der Waals surface area contributed by atoms with E-state index in [1.54, 1.807) is 29.6 Å². The number of ether oxygens (including phenoxy) is 2. The smallest absolute Gasteiger partial charge is 0.365 e. The van der Waals surface area contributed by atoms with Crippen LogP contribution in [0.3, 0.4) is 0 Å². The first kappa shape index (κ1) is 37.1. The summed E-state index contributed by atoms with van der Waals surface area (Å²) < 4.78 is 14.1. The van der Waals surface area contributed by atoms with Crippen LogP contribution < -0.4 is 0 Å². The topological polar surface area (TPSA) is 112 Å². The second-order valence-corrected chi connectivity index (χ2v) is 13.6. The summed E-state index contributed by atoms with van der Waals surface area (Å²) in [5.74, 6) is -0.748. The maximum Gasteiger partial charge on any atom is 0.365 e. The van der Waals surface area contributed by atoms with Crippen LogP contribution in [0.2, 0.25) is 0 Å². The number of carbonyl (C=O) groups is 1. The summed E-state index contributed by atoms with van der Waals surface area (Å²) in [6.07, 6.45) is 6.46. The second kappa shape index (κ2) is 20.6. The molecule has 0 saturated carbocycles. The van der Waals surface area contributed by atoms with E-state index in [9.17, 15) is 15.0 Å². The molecule has 2 saturated heterocycles. The Morgan fingerprint density at radius 1 is 0.766 bits per heavy atom. The van der Waals surface area contributed by atoms with Gasteiger partial charge in [0.2, 0.25) is 0 Å². The average Bonchev–Trinajstić information content (AvgIpc) is 3.72. The lowest BCUT2D eigenvalue weighted by Gasteiger charge is -2.35. The van der Waals surface area contributed by atoms with Gasteiger partial charge in [-0.25, -0.2) is 4.79 Å². The van der Waals surface area contributed by atoms with Crippen molar-refractivity contribution in [1.29, 1.82) is 0 Å². The Morgan fingerprint density at radius 2 is 1.23 bits per heavy atom. The first-order valence-corrected chi connectivity index (χ1v) is 18.1. The van der Waals surface area contributed by atoms with Gasteiger partial charge in [-0.15, -0.1) is 22.7 Å². The maximum absolute atomic E-state index is 9.85. The number of benzene rings is 2. The molecule has 47 heavy (non-hydrogen) atoms. The summed E-state index contributed by atoms with van der Waals surface area (Å²) in [5.41, 5.74) is 2.70. The molecule has 0 radical (unpaired) electrons. The number of aliphatic hydroxyl groups excluding tert-OH is 2. The molecule has 0 spiro atoms. The minimum Gasteiger partial charge on any atom is -0.390 e. The summed E-state index contributed by atoms with van der Waals surface area (Å²) in [4.78, 5) is 17.6. The van der Waals surface area contributed by atoms with E-state index in [1.165, 1.54) is 37.4 Å². The fraction of sp³-hybridized carbons (Fsp3) is 0.472. The number of hydrogen-bond acceptors (Lipinski definition) is 11. The molecule has 2 aromatic heterocycles. The number of thiophene rings is 2. The predicted octanol–water partition coefficient (Wildman–Crippen LogP) is 5.63. The van der Waals surface area contributed by atoms with Crippen LogP contribution in [-0.4, -0.2) is 109 Å². The van der Waals surface area contributed by atoms with Crippen LogP contribution in [0, 0.1) is 0 Å². The molecule has 4 aromatic rings. The molecular weight excluding hydrogens is 637 g/mol. The van der Waals surface area contributed by atoms with Crippen LogP contribution >= 0.6 is 22.7 Å². The molecule has 0 unspecified atom stereocenters. The van der Waals surface area contributed by atoms with Crippen LogP contribution in [0.4, 0.5) is 0 Å². The highest BCUT2D eigenvalue weighted by Gasteiger charge is 2.23. The number of rotatable bonds is 15. The average molecular weight is 685 g/mol. The van der Waals surface area contributed by atoms with E-state index < -0.39 is 5.97 Å². The largest absolute Gasteiger partial charge is 0.390 e. The quantitative estimate of drug-likeness (QED) is 0.0635. The van der Waals surface area contributed by atoms with Crippen molar-refractivity contribution in [3.63, 3.8) is 0 Å². The number of β-amino-alcohol motifs (C(OH)–C–C–N with tert-alkyl or cyclic N) is 2. The van der Waals surface area contributed by atoms with Crippen molar-refractivity contribution in [1.82, 2.24) is 9.80 Å². The fourth-order valence-corrected chi connectivity index (χ4v) is 6.87. The van der Waals surface area contributed by atoms with Crippen LogP contribution in [0.15, 0.2) is 71.4 Å². The highest BCUT2D eigenvalue weighted by molar-refractivity contribution is 7.17. The van der Waals surface area contributed by atoms with Crippen molar-refractivity contribution in [3.05, 3.63) is 82.6 Å². The van der Waals surface area contributed by atoms with Crippen molar-refractivity contribution in [2.24, 2.45) is 0 Å². The Morgan fingerprint density at radius 3 is 1.62 bits per heavy atom. The molecule has 0 aliphatic carbocycles. The van der Waals surface area contributed by atoms with E-state index in [-0.39, 0.29) is 12.2 Å². The SMILES string of the molecule is C/C=C/C(=O)OO.OC1CN(CCCOCCc2ccc3sccc3c2)C1.OC1CN(CCCOCCc2ccc3sccc3c2)C1. The van der Waals surface area contributed by atoms with Gasteiger partial charge in [0.25, 0.3) is 0 Å². The van der Waals surface area contributed by atoms with Gasteiger partial charge in [0.1, 0.15) is 0 Å². The number of nitrogens with zero attached hydrogens (tertiary/aromatic N) is 2. The fourth-order valence-electron chi connectivity index (χ4n) is 5.32. The van der Waals surface area contributed by atoms with E-state index in [1.807, 2.05) is 0 Å². The molecule has 2 aromatic carbocycles. The van der Waals surface area contributed by atoms with Gasteiger partial charge in [-0.05, 0) is 89.5 Å². The highest BCUT2D eigenvalue weighted by atomic mass is 32.1. The summed E-state index contributed by atoms with van der Waals surface area (Å²) in [6, 6.07) is 17.7. The Labute approximate surface area is 285 Å². The van der Waals surface area contributed by atoms with Gasteiger partial charge < -0.3 is 19.7 Å². The standard InChI is InChI=1S/2C16H21NO2S.C4H6O3/c2*18-15-11-17(12-15)6-1-7-19-8-4-13-2-3-16-14(10-13)5-9-20-16;1-2-3-4(5)7-6/h2*2-3,5,9-10,15,18H,1,4,6-8,11-12H2;2-3,6H,1H3/b;;3-2+. The highest BCUT2D eigenvalue weighted by Crippen LogP contribution is 2.23. The van der Waals surface area contributed by atoms with Crippen LogP contribution in [0.25, 0.3) is 20.2 Å². The molecule has 0 bridgehead atoms. The first-order valence-electron chi connectivity index (χ1n) is 16.3. The molecule has 3 N–H and O–H groups in total. The normalized spacial score (nSPS) is 15.6. The zero-order valence-corrected chi connectivity index (χ0v) is 28.8. The van der Waals surface area contributed by atoms with Crippen LogP contribution in [0.1, 0.15) is 30.9 Å². The number of likely N-dealkylation sites (tertiary alicyclic amines) is 2. The summed E-state index contributed by atoms with van der Waals surface area (Å²) in [7, 11) is 0. The van der Waals surface area contributed by atoms with E-state index in [4.69, 9.17) is 14.7 Å². The van der Waals surface area contributed by atoms with Gasteiger partial charge in [0.15, 0.2) is 0 Å². The van der Waals surface area contributed by atoms with Crippen molar-refractivity contribution in [2.45, 2.75) is 44.8 Å². The minimum absolute atomic E-state index is 0.0945. The van der Waals surface area contributed by atoms with Crippen LogP contribution in [0.5, 0.6) is 0 Å². The van der Waals surface area contributed by atoms with Gasteiger partial charge >= 0.3 is 5.97 Å². The third-order valence-electron chi connectivity index (χ3n) is 7.90. The first-order chi connectivity index (χ1) is 22.9. The van der Waals surface area contributed by atoms with Gasteiger partial charge in [-0.3, -0.25) is 14.7 Å². The third-order valence-corrected chi connectivity index (χ3v) is 9.69. The predicted molar refractivity (Wildman–Crippen MR) is 190 cm³/mol. The van der Waals surface area contributed by atoms with E-state index in [0.717, 1.165) is 97.5 Å². The van der Waals surface area contributed by atoms with Crippen molar-refractivity contribution in [3.8, 4) is 0 Å². The minimum atomic E-state index is -0.748. The van der Waals surface area contributed by atoms with Gasteiger partial charge in [0, 0.05) is 68.0 Å². The summed E-state index contributed by atoms with van der Waals surface area (Å²) in [6.45, 7) is 10.3. The molecule has 11 heteroatoms. The van der Waals surface area contributed by atoms with Gasteiger partial charge in [-0.2, -0.15) is 5.26 Å². The number of carbonyl (C=O) groups excluding carboxylic acids is 1. The maximum atomic E-state index is 9.85. The summed E-state index contributed by atoms with van der Waals surface area (Å²) >= 11 is 3.58. The molecule has 2 aliphatic heterocycles. The molecular formula is C36H48N2O7S2. The van der Waals surface area contributed by atoms with E-state index in [2.05, 4.69) is 74.0 Å². The molecule has 4 heterocycles. The Balaban J connectivity index is 0.000000178. The molecule has 9 nitrogen and oxygen atoms in total. The molecule has 0 amide bonds. The zero-order valence-electron chi connectivity index (χ0n) is 27.2. The van der Waals surface area contributed by atoms with E-state index >= 15 is 0 Å². The molecule has 256 valence electrons. The Bertz CT molecular complexity index is 1390. The lowest BCUT2D eigenvalue weighted by molar-refractivity contribution is -0.228. The third kappa shape index (κ3) is 13.4. The van der Waals surface area contributed by atoms with Crippen LogP contribution in [-0.2, 0) is 32.0 Å². The monoisotopic (exact) mass is 684 g/mol. The number of fused-ring (bicyclic) bond motifs is 2. The lowest BCUT2D eigenvalue weighted by Crippen LogP contribution is -2.50. The Kier molecular flexibility index (Phi) is 16.3. The number of aliphatic hydroxyl groups is 2. The molecule has 6 rings (SSSR count). The number of hydrogen-bond donors (Lipinski definition) is 3.